The van der Waals surface area contributed by atoms with Gasteiger partial charge in [0.05, 0.1) is 12.0 Å². The lowest BCUT2D eigenvalue weighted by atomic mass is 9.76. The predicted molar refractivity (Wildman–Crippen MR) is 125 cm³/mol. The summed E-state index contributed by atoms with van der Waals surface area (Å²) < 4.78 is 0. The smallest absolute Gasteiger partial charge is 0.317 e. The van der Waals surface area contributed by atoms with Gasteiger partial charge in [-0.15, -0.1) is 0 Å². The third kappa shape index (κ3) is 3.89. The van der Waals surface area contributed by atoms with Gasteiger partial charge >= 0.3 is 6.03 Å². The van der Waals surface area contributed by atoms with Gasteiger partial charge in [-0.2, -0.15) is 0 Å². The maximum Gasteiger partial charge on any atom is 0.317 e. The molecule has 168 valence electrons. The van der Waals surface area contributed by atoms with Gasteiger partial charge < -0.3 is 15.1 Å². The molecule has 2 fully saturated rings. The first-order valence-electron chi connectivity index (χ1n) is 12.2. The average molecular weight is 432 g/mol. The summed E-state index contributed by atoms with van der Waals surface area (Å²) in [5.41, 5.74) is 5.24. The van der Waals surface area contributed by atoms with Crippen LogP contribution < -0.4 is 5.32 Å². The molecule has 0 aromatic heterocycles. The van der Waals surface area contributed by atoms with E-state index in [2.05, 4.69) is 47.5 Å². The van der Waals surface area contributed by atoms with Crippen molar-refractivity contribution in [3.63, 3.8) is 0 Å². The largest absolute Gasteiger partial charge is 0.338 e. The molecule has 3 aliphatic heterocycles. The van der Waals surface area contributed by atoms with Crippen LogP contribution in [-0.2, 0) is 24.1 Å². The number of aryl methyl sites for hydroxylation is 1. The number of nitrogens with one attached hydrogen (secondary N) is 1. The summed E-state index contributed by atoms with van der Waals surface area (Å²) >= 11 is 0. The number of hydrogen-bond donors (Lipinski definition) is 1. The Hall–Kier alpha value is -2.82. The molecule has 32 heavy (non-hydrogen) atoms. The number of nitrogens with zero attached hydrogens (tertiary/aromatic N) is 2. The molecule has 5 nitrogen and oxygen atoms in total. The molecular formula is C27H33N3O2. The lowest BCUT2D eigenvalue weighted by molar-refractivity contribution is -0.148. The van der Waals surface area contributed by atoms with Crippen molar-refractivity contribution in [1.82, 2.24) is 15.1 Å². The molecule has 5 rings (SSSR count). The molecule has 0 aliphatic carbocycles. The van der Waals surface area contributed by atoms with Crippen molar-refractivity contribution in [2.45, 2.75) is 57.5 Å². The highest BCUT2D eigenvalue weighted by molar-refractivity contribution is 5.83. The van der Waals surface area contributed by atoms with E-state index in [4.69, 9.17) is 0 Å². The number of carbonyl (C=O) groups is 2. The van der Waals surface area contributed by atoms with Crippen LogP contribution in [0.4, 0.5) is 4.79 Å². The second-order valence-electron chi connectivity index (χ2n) is 9.40. The number of benzene rings is 2. The van der Waals surface area contributed by atoms with Crippen molar-refractivity contribution in [2.75, 3.05) is 19.6 Å². The Bertz CT molecular complexity index is 990. The number of urea groups is 1. The minimum Gasteiger partial charge on any atom is -0.338 e. The molecule has 5 heteroatoms. The summed E-state index contributed by atoms with van der Waals surface area (Å²) in [5.74, 6) is 0.189. The first-order valence-corrected chi connectivity index (χ1v) is 12.2. The molecule has 3 amide bonds. The highest BCUT2D eigenvalue weighted by atomic mass is 16.2. The first-order chi connectivity index (χ1) is 15.7. The van der Waals surface area contributed by atoms with Crippen molar-refractivity contribution in [1.29, 1.82) is 0 Å². The zero-order chi connectivity index (χ0) is 22.1. The van der Waals surface area contributed by atoms with Crippen LogP contribution >= 0.6 is 0 Å². The molecule has 2 aromatic carbocycles. The summed E-state index contributed by atoms with van der Waals surface area (Å²) in [6.45, 7) is 4.33. The molecule has 0 radical (unpaired) electrons. The fourth-order valence-electron chi connectivity index (χ4n) is 5.89. The Kier molecular flexibility index (Phi) is 5.90. The van der Waals surface area contributed by atoms with E-state index in [1.54, 1.807) is 0 Å². The molecular weight excluding hydrogens is 398 g/mol. The van der Waals surface area contributed by atoms with Crippen LogP contribution in [0, 0.1) is 5.92 Å². The number of hydrogen-bond acceptors (Lipinski definition) is 2. The Morgan fingerprint density at radius 3 is 2.75 bits per heavy atom. The highest BCUT2D eigenvalue weighted by Crippen LogP contribution is 2.43. The molecule has 0 bridgehead atoms. The highest BCUT2D eigenvalue weighted by Gasteiger charge is 2.48. The third-order valence-corrected chi connectivity index (χ3v) is 7.61. The van der Waals surface area contributed by atoms with Crippen LogP contribution in [0.25, 0.3) is 0 Å². The lowest BCUT2D eigenvalue weighted by Crippen LogP contribution is -2.61. The van der Waals surface area contributed by atoms with Gasteiger partial charge in [0.15, 0.2) is 0 Å². The van der Waals surface area contributed by atoms with E-state index in [1.165, 1.54) is 22.3 Å². The fraction of sp³-hybridized carbons (Fsp3) is 0.481. The molecule has 2 aromatic rings. The van der Waals surface area contributed by atoms with Crippen molar-refractivity contribution in [3.05, 3.63) is 70.8 Å². The normalized spacial score (nSPS) is 24.4. The average Bonchev–Trinajstić information content (AvgIpc) is 2.84. The Balaban J connectivity index is 1.32. The summed E-state index contributed by atoms with van der Waals surface area (Å²) in [7, 11) is 0. The van der Waals surface area contributed by atoms with Gasteiger partial charge in [0.2, 0.25) is 5.91 Å². The number of amides is 3. The number of fused-ring (bicyclic) bond motifs is 4. The van der Waals surface area contributed by atoms with E-state index in [-0.39, 0.29) is 29.9 Å². The van der Waals surface area contributed by atoms with Gasteiger partial charge in [-0.05, 0) is 60.8 Å². The molecule has 1 N–H and O–H groups in total. The Morgan fingerprint density at radius 2 is 1.94 bits per heavy atom. The van der Waals surface area contributed by atoms with E-state index in [0.717, 1.165) is 51.6 Å². The van der Waals surface area contributed by atoms with E-state index in [1.807, 2.05) is 23.1 Å². The van der Waals surface area contributed by atoms with Crippen LogP contribution in [0.15, 0.2) is 48.5 Å². The van der Waals surface area contributed by atoms with Crippen LogP contribution in [0.2, 0.25) is 0 Å². The van der Waals surface area contributed by atoms with E-state index < -0.39 is 0 Å². The van der Waals surface area contributed by atoms with Crippen molar-refractivity contribution >= 4 is 11.9 Å². The van der Waals surface area contributed by atoms with Crippen molar-refractivity contribution in [3.8, 4) is 0 Å². The van der Waals surface area contributed by atoms with Gasteiger partial charge in [-0.1, -0.05) is 55.5 Å². The maximum absolute atomic E-state index is 13.5. The van der Waals surface area contributed by atoms with Gasteiger partial charge in [0, 0.05) is 25.7 Å². The quantitative estimate of drug-likeness (QED) is 0.792. The molecule has 3 heterocycles. The van der Waals surface area contributed by atoms with Gasteiger partial charge in [0.25, 0.3) is 0 Å². The zero-order valence-electron chi connectivity index (χ0n) is 18.9. The standard InChI is InChI=1S/C27H33N3O2/c1-2-19-10-11-22-21(17-19)13-16-29-24(22)18-25-23(26(29)31)9-6-15-30(25)27(32)28-14-12-20-7-4-3-5-8-20/h3-5,7-8,10-11,17,23-25H,2,6,9,12-16,18H2,1H3,(H,28,32)/t23-,24-,25-/m0/s1. The maximum atomic E-state index is 13.5. The summed E-state index contributed by atoms with van der Waals surface area (Å²) in [5, 5.41) is 3.12. The molecule has 0 saturated carbocycles. The molecule has 2 saturated heterocycles. The number of piperidine rings is 2. The molecule has 0 spiro atoms. The zero-order valence-corrected chi connectivity index (χ0v) is 18.9. The van der Waals surface area contributed by atoms with Gasteiger partial charge in [0.1, 0.15) is 0 Å². The van der Waals surface area contributed by atoms with Crippen LogP contribution in [0.3, 0.4) is 0 Å². The fourth-order valence-corrected chi connectivity index (χ4v) is 5.89. The van der Waals surface area contributed by atoms with E-state index >= 15 is 0 Å². The van der Waals surface area contributed by atoms with Crippen LogP contribution in [-0.4, -0.2) is 47.4 Å². The molecule has 3 aliphatic rings. The van der Waals surface area contributed by atoms with Crippen LogP contribution in [0.1, 0.15) is 54.5 Å². The van der Waals surface area contributed by atoms with Crippen molar-refractivity contribution < 1.29 is 9.59 Å². The van der Waals surface area contributed by atoms with Gasteiger partial charge in [-0.3, -0.25) is 4.79 Å². The number of rotatable bonds is 4. The lowest BCUT2D eigenvalue weighted by Gasteiger charge is -2.51. The summed E-state index contributed by atoms with van der Waals surface area (Å²) in [6.07, 6.45) is 5.42. The van der Waals surface area contributed by atoms with Crippen LogP contribution in [0.5, 0.6) is 0 Å². The third-order valence-electron chi connectivity index (χ3n) is 7.61. The minimum atomic E-state index is -0.0589. The Labute approximate surface area is 190 Å². The van der Waals surface area contributed by atoms with E-state index in [0.29, 0.717) is 6.54 Å². The first kappa shape index (κ1) is 21.0. The molecule has 3 atom stereocenters. The van der Waals surface area contributed by atoms with Gasteiger partial charge in [-0.25, -0.2) is 4.79 Å². The SMILES string of the molecule is CCc1ccc2c(c1)CCN1C(=O)[C@H]3CCCN(C(=O)NCCc4ccccc4)[C@H]3C[C@@H]21. The summed E-state index contributed by atoms with van der Waals surface area (Å²) in [6, 6.07) is 17.0. The number of likely N-dealkylation sites (tertiary alicyclic amines) is 1. The topological polar surface area (TPSA) is 52.7 Å². The second-order valence-corrected chi connectivity index (χ2v) is 9.40. The molecule has 0 unspecified atom stereocenters. The van der Waals surface area contributed by atoms with Crippen molar-refractivity contribution in [2.24, 2.45) is 5.92 Å². The predicted octanol–water partition coefficient (Wildman–Crippen LogP) is 4.11. The monoisotopic (exact) mass is 431 g/mol. The Morgan fingerprint density at radius 1 is 1.09 bits per heavy atom. The second kappa shape index (κ2) is 8.97. The minimum absolute atomic E-state index is 0.00831. The van der Waals surface area contributed by atoms with E-state index in [9.17, 15) is 9.59 Å². The number of carbonyl (C=O) groups excluding carboxylic acids is 2. The summed E-state index contributed by atoms with van der Waals surface area (Å²) in [4.78, 5) is 30.7.